The van der Waals surface area contributed by atoms with Gasteiger partial charge < -0.3 is 9.73 Å². The summed E-state index contributed by atoms with van der Waals surface area (Å²) in [6, 6.07) is 18.5. The van der Waals surface area contributed by atoms with Gasteiger partial charge in [0.25, 0.3) is 5.91 Å². The van der Waals surface area contributed by atoms with Crippen LogP contribution in [-0.2, 0) is 4.79 Å². The molecule has 134 valence electrons. The van der Waals surface area contributed by atoms with Crippen molar-refractivity contribution < 1.29 is 9.21 Å². The third-order valence-corrected chi connectivity index (χ3v) is 4.96. The number of hydrogen-bond acceptors (Lipinski definition) is 3. The monoisotopic (exact) mass is 484 g/mol. The number of nitrogens with zero attached hydrogens (tertiary/aromatic N) is 1. The van der Waals surface area contributed by atoms with Crippen LogP contribution in [0.5, 0.6) is 0 Å². The zero-order valence-corrected chi connectivity index (χ0v) is 17.5. The predicted octanol–water partition coefficient (Wildman–Crippen LogP) is 6.33. The number of furan rings is 1. The van der Waals surface area contributed by atoms with Gasteiger partial charge in [-0.3, -0.25) is 4.79 Å². The smallest absolute Gasteiger partial charge is 0.266 e. The number of carbonyl (C=O) groups excluding carboxylic acids is 1. The van der Waals surface area contributed by atoms with Crippen molar-refractivity contribution >= 4 is 49.5 Å². The molecule has 0 aliphatic carbocycles. The van der Waals surface area contributed by atoms with Crippen molar-refractivity contribution in [3.8, 4) is 17.4 Å². The van der Waals surface area contributed by atoms with Crippen molar-refractivity contribution in [1.29, 1.82) is 5.26 Å². The van der Waals surface area contributed by atoms with Gasteiger partial charge in [-0.2, -0.15) is 5.26 Å². The minimum atomic E-state index is -0.491. The van der Waals surface area contributed by atoms with Gasteiger partial charge in [-0.25, -0.2) is 0 Å². The van der Waals surface area contributed by atoms with Crippen molar-refractivity contribution in [2.75, 3.05) is 5.32 Å². The molecule has 0 aliphatic heterocycles. The summed E-state index contributed by atoms with van der Waals surface area (Å²) in [5, 5.41) is 12.0. The Hall–Kier alpha value is -2.62. The fraction of sp³-hybridized carbons (Fsp3) is 0.0476. The van der Waals surface area contributed by atoms with Gasteiger partial charge in [0.1, 0.15) is 23.2 Å². The minimum absolute atomic E-state index is 0.0400. The maximum absolute atomic E-state index is 12.3. The molecule has 3 aromatic rings. The Labute approximate surface area is 173 Å². The first-order chi connectivity index (χ1) is 13.0. The summed E-state index contributed by atoms with van der Waals surface area (Å²) in [6.07, 6.45) is 1.43. The molecule has 0 saturated heterocycles. The maximum Gasteiger partial charge on any atom is 0.266 e. The number of anilines is 1. The average molecular weight is 486 g/mol. The van der Waals surface area contributed by atoms with Gasteiger partial charge in [0.15, 0.2) is 0 Å². The number of hydrogen-bond donors (Lipinski definition) is 1. The van der Waals surface area contributed by atoms with E-state index in [4.69, 9.17) is 4.42 Å². The Bertz CT molecular complexity index is 1060. The summed E-state index contributed by atoms with van der Waals surface area (Å²) in [6.45, 7) is 2.01. The Kier molecular flexibility index (Phi) is 5.94. The van der Waals surface area contributed by atoms with Crippen molar-refractivity contribution in [2.24, 2.45) is 0 Å². The van der Waals surface area contributed by atoms with Crippen LogP contribution in [0.3, 0.4) is 0 Å². The van der Waals surface area contributed by atoms with E-state index >= 15 is 0 Å². The fourth-order valence-corrected chi connectivity index (χ4v) is 3.37. The standard InChI is InChI=1S/C21H14Br2N2O2/c1-13-2-8-18(19(23)10-13)20-9-7-17(27-20)11-14(12-24)21(26)25-16-5-3-15(22)4-6-16/h2-11H,1H3,(H,25,26)/b14-11+. The van der Waals surface area contributed by atoms with Gasteiger partial charge in [0.05, 0.1) is 0 Å². The molecule has 0 aliphatic rings. The van der Waals surface area contributed by atoms with Gasteiger partial charge in [-0.15, -0.1) is 0 Å². The molecule has 0 saturated carbocycles. The predicted molar refractivity (Wildman–Crippen MR) is 113 cm³/mol. The van der Waals surface area contributed by atoms with E-state index in [1.54, 1.807) is 18.2 Å². The third kappa shape index (κ3) is 4.76. The highest BCUT2D eigenvalue weighted by Crippen LogP contribution is 2.31. The quantitative estimate of drug-likeness (QED) is 0.347. The van der Waals surface area contributed by atoms with Gasteiger partial charge in [-0.05, 0) is 61.0 Å². The van der Waals surface area contributed by atoms with Gasteiger partial charge in [0, 0.05) is 26.3 Å². The van der Waals surface area contributed by atoms with E-state index in [1.165, 1.54) is 6.08 Å². The molecule has 0 fully saturated rings. The van der Waals surface area contributed by atoms with Crippen LogP contribution in [0.1, 0.15) is 11.3 Å². The topological polar surface area (TPSA) is 66.0 Å². The number of carbonyl (C=O) groups is 1. The van der Waals surface area contributed by atoms with Gasteiger partial charge >= 0.3 is 0 Å². The Morgan fingerprint density at radius 3 is 2.52 bits per heavy atom. The summed E-state index contributed by atoms with van der Waals surface area (Å²) >= 11 is 6.86. The zero-order chi connectivity index (χ0) is 19.4. The fourth-order valence-electron chi connectivity index (χ4n) is 2.42. The SMILES string of the molecule is Cc1ccc(-c2ccc(/C=C(\C#N)C(=O)Nc3ccc(Br)cc3)o2)c(Br)c1. The molecule has 1 heterocycles. The number of benzene rings is 2. The first-order valence-electron chi connectivity index (χ1n) is 8.01. The summed E-state index contributed by atoms with van der Waals surface area (Å²) < 4.78 is 7.62. The van der Waals surface area contributed by atoms with Gasteiger partial charge in [-0.1, -0.05) is 37.9 Å². The molecule has 1 aromatic heterocycles. The molecule has 6 heteroatoms. The van der Waals surface area contributed by atoms with Crippen LogP contribution in [0.2, 0.25) is 0 Å². The second-order valence-corrected chi connectivity index (χ2v) is 7.59. The lowest BCUT2D eigenvalue weighted by molar-refractivity contribution is -0.112. The molecule has 4 nitrogen and oxygen atoms in total. The Morgan fingerprint density at radius 2 is 1.85 bits per heavy atom. The van der Waals surface area contributed by atoms with Crippen molar-refractivity contribution in [3.05, 3.63) is 80.4 Å². The molecular formula is C21H14Br2N2O2. The van der Waals surface area contributed by atoms with Crippen molar-refractivity contribution in [2.45, 2.75) is 6.92 Å². The first kappa shape index (κ1) is 19.2. The molecule has 0 spiro atoms. The molecule has 0 unspecified atom stereocenters. The van der Waals surface area contributed by atoms with E-state index in [0.29, 0.717) is 17.2 Å². The second kappa shape index (κ2) is 8.38. The molecule has 3 rings (SSSR count). The lowest BCUT2D eigenvalue weighted by Gasteiger charge is -2.04. The van der Waals surface area contributed by atoms with Crippen LogP contribution in [-0.4, -0.2) is 5.91 Å². The second-order valence-electron chi connectivity index (χ2n) is 5.82. The highest BCUT2D eigenvalue weighted by Gasteiger charge is 2.12. The largest absolute Gasteiger partial charge is 0.457 e. The highest BCUT2D eigenvalue weighted by atomic mass is 79.9. The lowest BCUT2D eigenvalue weighted by Crippen LogP contribution is -2.13. The molecule has 0 bridgehead atoms. The van der Waals surface area contributed by atoms with Crippen LogP contribution >= 0.6 is 31.9 Å². The maximum atomic E-state index is 12.3. The first-order valence-corrected chi connectivity index (χ1v) is 9.60. The van der Waals surface area contributed by atoms with Crippen LogP contribution in [0.15, 0.2) is 73.5 Å². The highest BCUT2D eigenvalue weighted by molar-refractivity contribution is 9.10. The van der Waals surface area contributed by atoms with Crippen LogP contribution in [0.25, 0.3) is 17.4 Å². The number of rotatable bonds is 4. The molecule has 27 heavy (non-hydrogen) atoms. The Morgan fingerprint density at radius 1 is 1.11 bits per heavy atom. The summed E-state index contributed by atoms with van der Waals surface area (Å²) in [7, 11) is 0. The normalized spacial score (nSPS) is 11.1. The summed E-state index contributed by atoms with van der Waals surface area (Å²) in [4.78, 5) is 12.3. The van der Waals surface area contributed by atoms with Crippen molar-refractivity contribution in [1.82, 2.24) is 0 Å². The van der Waals surface area contributed by atoms with Crippen molar-refractivity contribution in [3.63, 3.8) is 0 Å². The van der Waals surface area contributed by atoms with Gasteiger partial charge in [0.2, 0.25) is 0 Å². The van der Waals surface area contributed by atoms with E-state index in [2.05, 4.69) is 37.2 Å². The molecule has 2 aromatic carbocycles. The summed E-state index contributed by atoms with van der Waals surface area (Å²) in [5.41, 5.74) is 2.60. The van der Waals surface area contributed by atoms with E-state index in [1.807, 2.05) is 49.4 Å². The van der Waals surface area contributed by atoms with E-state index in [9.17, 15) is 10.1 Å². The number of amides is 1. The molecule has 0 radical (unpaired) electrons. The van der Waals surface area contributed by atoms with Crippen LogP contribution in [0.4, 0.5) is 5.69 Å². The van der Waals surface area contributed by atoms with E-state index in [-0.39, 0.29) is 5.57 Å². The average Bonchev–Trinajstić information content (AvgIpc) is 3.09. The summed E-state index contributed by atoms with van der Waals surface area (Å²) in [5.74, 6) is 0.591. The minimum Gasteiger partial charge on any atom is -0.457 e. The van der Waals surface area contributed by atoms with E-state index in [0.717, 1.165) is 20.1 Å². The van der Waals surface area contributed by atoms with Crippen LogP contribution in [0, 0.1) is 18.3 Å². The molecule has 0 atom stereocenters. The molecule has 1 amide bonds. The molecular weight excluding hydrogens is 472 g/mol. The van der Waals surface area contributed by atoms with E-state index < -0.39 is 5.91 Å². The number of nitrogens with one attached hydrogen (secondary N) is 1. The number of aryl methyl sites for hydroxylation is 1. The molecule has 1 N–H and O–H groups in total. The van der Waals surface area contributed by atoms with Crippen LogP contribution < -0.4 is 5.32 Å². The lowest BCUT2D eigenvalue weighted by atomic mass is 10.1. The number of nitriles is 1. The third-order valence-electron chi connectivity index (χ3n) is 3.77. The number of halogens is 2. The zero-order valence-electron chi connectivity index (χ0n) is 14.3. The Balaban J connectivity index is 1.82.